The Hall–Kier alpha value is -0.890. The predicted molar refractivity (Wildman–Crippen MR) is 67.3 cm³/mol. The van der Waals surface area contributed by atoms with E-state index in [-0.39, 0.29) is 11.4 Å². The van der Waals surface area contributed by atoms with Crippen LogP contribution in [0.3, 0.4) is 0 Å². The summed E-state index contributed by atoms with van der Waals surface area (Å²) >= 11 is 0. The van der Waals surface area contributed by atoms with E-state index in [1.807, 2.05) is 12.1 Å². The molecule has 2 aliphatic rings. The van der Waals surface area contributed by atoms with Gasteiger partial charge in [-0.1, -0.05) is 31.0 Å². The maximum absolute atomic E-state index is 14.1. The molecule has 1 aromatic carbocycles. The summed E-state index contributed by atoms with van der Waals surface area (Å²) in [6, 6.07) is 7.34. The van der Waals surface area contributed by atoms with Gasteiger partial charge in [0.05, 0.1) is 0 Å². The van der Waals surface area contributed by atoms with Gasteiger partial charge in [-0.2, -0.15) is 0 Å². The fourth-order valence-electron chi connectivity index (χ4n) is 3.30. The molecule has 0 radical (unpaired) electrons. The molecule has 1 unspecified atom stereocenters. The standard InChI is InChI=1S/C15H20FN/c16-14-7-3-2-6-13(14)15(12-8-9-12)10-4-1-5-11-17-15/h2-3,6-7,12,17H,1,4-5,8-11H2. The van der Waals surface area contributed by atoms with Gasteiger partial charge in [0, 0.05) is 11.1 Å². The fraction of sp³-hybridized carbons (Fsp3) is 0.600. The molecule has 92 valence electrons. The SMILES string of the molecule is Fc1ccccc1C1(C2CC2)CCCCCN1. The Morgan fingerprint density at radius 1 is 1.12 bits per heavy atom. The molecule has 0 amide bonds. The molecule has 0 bridgehead atoms. The van der Waals surface area contributed by atoms with Crippen LogP contribution in [0.4, 0.5) is 4.39 Å². The van der Waals surface area contributed by atoms with Crippen LogP contribution in [0.5, 0.6) is 0 Å². The van der Waals surface area contributed by atoms with E-state index in [1.165, 1.54) is 32.1 Å². The highest BCUT2D eigenvalue weighted by Crippen LogP contribution is 2.49. The molecular weight excluding hydrogens is 213 g/mol. The monoisotopic (exact) mass is 233 g/mol. The Labute approximate surface area is 102 Å². The van der Waals surface area contributed by atoms with Crippen molar-refractivity contribution in [3.63, 3.8) is 0 Å². The number of hydrogen-bond donors (Lipinski definition) is 1. The maximum Gasteiger partial charge on any atom is 0.128 e. The van der Waals surface area contributed by atoms with Gasteiger partial charge in [0.15, 0.2) is 0 Å². The zero-order chi connectivity index (χ0) is 11.7. The van der Waals surface area contributed by atoms with Crippen molar-refractivity contribution in [2.45, 2.75) is 44.1 Å². The highest BCUT2D eigenvalue weighted by Gasteiger charge is 2.47. The molecular formula is C15H20FN. The van der Waals surface area contributed by atoms with E-state index in [1.54, 1.807) is 12.1 Å². The maximum atomic E-state index is 14.1. The normalized spacial score (nSPS) is 29.9. The van der Waals surface area contributed by atoms with Crippen molar-refractivity contribution in [2.75, 3.05) is 6.54 Å². The van der Waals surface area contributed by atoms with Crippen molar-refractivity contribution >= 4 is 0 Å². The van der Waals surface area contributed by atoms with E-state index < -0.39 is 0 Å². The summed E-state index contributed by atoms with van der Waals surface area (Å²) in [5.74, 6) is 0.617. The van der Waals surface area contributed by atoms with Crippen LogP contribution in [0.25, 0.3) is 0 Å². The lowest BCUT2D eigenvalue weighted by Crippen LogP contribution is -2.44. The summed E-state index contributed by atoms with van der Waals surface area (Å²) in [5, 5.41) is 3.67. The summed E-state index contributed by atoms with van der Waals surface area (Å²) < 4.78 is 14.1. The zero-order valence-electron chi connectivity index (χ0n) is 10.2. The second kappa shape index (κ2) is 4.41. The van der Waals surface area contributed by atoms with E-state index in [0.29, 0.717) is 5.92 Å². The van der Waals surface area contributed by atoms with E-state index in [0.717, 1.165) is 18.5 Å². The molecule has 1 heterocycles. The highest BCUT2D eigenvalue weighted by molar-refractivity contribution is 5.29. The second-order valence-electron chi connectivity index (χ2n) is 5.46. The van der Waals surface area contributed by atoms with Crippen molar-refractivity contribution in [3.8, 4) is 0 Å². The molecule has 1 aromatic rings. The van der Waals surface area contributed by atoms with E-state index in [9.17, 15) is 4.39 Å². The van der Waals surface area contributed by atoms with Gasteiger partial charge in [-0.25, -0.2) is 4.39 Å². The first kappa shape index (κ1) is 11.2. The molecule has 1 atom stereocenters. The first-order valence-corrected chi connectivity index (χ1v) is 6.83. The van der Waals surface area contributed by atoms with Crippen molar-refractivity contribution in [2.24, 2.45) is 5.92 Å². The van der Waals surface area contributed by atoms with Crippen LogP contribution >= 0.6 is 0 Å². The van der Waals surface area contributed by atoms with Crippen molar-refractivity contribution < 1.29 is 4.39 Å². The summed E-state index contributed by atoms with van der Waals surface area (Å²) in [5.41, 5.74) is 0.839. The van der Waals surface area contributed by atoms with Crippen LogP contribution in [-0.2, 0) is 5.54 Å². The van der Waals surface area contributed by atoms with Crippen molar-refractivity contribution in [1.82, 2.24) is 5.32 Å². The molecule has 1 saturated carbocycles. The summed E-state index contributed by atoms with van der Waals surface area (Å²) in [6.45, 7) is 1.03. The van der Waals surface area contributed by atoms with Gasteiger partial charge >= 0.3 is 0 Å². The molecule has 1 aliphatic heterocycles. The number of benzene rings is 1. The third-order valence-corrected chi connectivity index (χ3v) is 4.32. The van der Waals surface area contributed by atoms with Crippen LogP contribution in [0.1, 0.15) is 44.1 Å². The molecule has 0 aromatic heterocycles. The minimum Gasteiger partial charge on any atom is -0.307 e. The first-order chi connectivity index (χ1) is 8.33. The molecule has 1 N–H and O–H groups in total. The van der Waals surface area contributed by atoms with Gasteiger partial charge in [0.2, 0.25) is 0 Å². The highest BCUT2D eigenvalue weighted by atomic mass is 19.1. The third kappa shape index (κ3) is 1.99. The second-order valence-corrected chi connectivity index (χ2v) is 5.46. The molecule has 1 saturated heterocycles. The first-order valence-electron chi connectivity index (χ1n) is 6.83. The average molecular weight is 233 g/mol. The fourth-order valence-corrected chi connectivity index (χ4v) is 3.30. The third-order valence-electron chi connectivity index (χ3n) is 4.32. The Bertz CT molecular complexity index is 390. The minimum absolute atomic E-state index is 0.0335. The molecule has 17 heavy (non-hydrogen) atoms. The summed E-state index contributed by atoms with van der Waals surface area (Å²) in [6.07, 6.45) is 7.32. The van der Waals surface area contributed by atoms with Gasteiger partial charge in [-0.3, -0.25) is 0 Å². The van der Waals surface area contributed by atoms with Gasteiger partial charge in [0.1, 0.15) is 5.82 Å². The van der Waals surface area contributed by atoms with Gasteiger partial charge in [-0.15, -0.1) is 0 Å². The van der Waals surface area contributed by atoms with Crippen LogP contribution in [0, 0.1) is 11.7 Å². The lowest BCUT2D eigenvalue weighted by atomic mass is 9.81. The van der Waals surface area contributed by atoms with E-state index in [2.05, 4.69) is 5.32 Å². The van der Waals surface area contributed by atoms with Crippen LogP contribution in [0.2, 0.25) is 0 Å². The minimum atomic E-state index is -0.0676. The van der Waals surface area contributed by atoms with Crippen molar-refractivity contribution in [1.29, 1.82) is 0 Å². The van der Waals surface area contributed by atoms with Crippen LogP contribution < -0.4 is 5.32 Å². The van der Waals surface area contributed by atoms with Gasteiger partial charge < -0.3 is 5.32 Å². The van der Waals surface area contributed by atoms with E-state index >= 15 is 0 Å². The number of nitrogens with one attached hydrogen (secondary N) is 1. The lowest BCUT2D eigenvalue weighted by Gasteiger charge is -2.35. The number of halogens is 1. The smallest absolute Gasteiger partial charge is 0.128 e. The van der Waals surface area contributed by atoms with Crippen LogP contribution in [-0.4, -0.2) is 6.54 Å². The molecule has 2 heteroatoms. The summed E-state index contributed by atoms with van der Waals surface area (Å²) in [7, 11) is 0. The topological polar surface area (TPSA) is 12.0 Å². The van der Waals surface area contributed by atoms with E-state index in [4.69, 9.17) is 0 Å². The molecule has 2 fully saturated rings. The Morgan fingerprint density at radius 3 is 2.71 bits per heavy atom. The average Bonchev–Trinajstić information content (AvgIpc) is 3.17. The number of rotatable bonds is 2. The molecule has 3 rings (SSSR count). The molecule has 1 aliphatic carbocycles. The van der Waals surface area contributed by atoms with Crippen LogP contribution in [0.15, 0.2) is 24.3 Å². The summed E-state index contributed by atoms with van der Waals surface area (Å²) in [4.78, 5) is 0. The zero-order valence-corrected chi connectivity index (χ0v) is 10.2. The molecule has 0 spiro atoms. The lowest BCUT2D eigenvalue weighted by molar-refractivity contribution is 0.269. The van der Waals surface area contributed by atoms with Crippen molar-refractivity contribution in [3.05, 3.63) is 35.6 Å². The quantitative estimate of drug-likeness (QED) is 0.823. The number of hydrogen-bond acceptors (Lipinski definition) is 1. The Balaban J connectivity index is 2.01. The Morgan fingerprint density at radius 2 is 1.94 bits per heavy atom. The predicted octanol–water partition coefficient (Wildman–Crippen LogP) is 3.59. The molecule has 1 nitrogen and oxygen atoms in total. The van der Waals surface area contributed by atoms with Gasteiger partial charge in [0.25, 0.3) is 0 Å². The largest absolute Gasteiger partial charge is 0.307 e. The Kier molecular flexibility index (Phi) is 2.91. The van der Waals surface area contributed by atoms with Gasteiger partial charge in [-0.05, 0) is 44.2 Å².